The first kappa shape index (κ1) is 25.4. The first-order valence-corrected chi connectivity index (χ1v) is 10.6. The summed E-state index contributed by atoms with van der Waals surface area (Å²) in [5.74, 6) is 0.501. The maximum absolute atomic E-state index is 13.1. The molecule has 29 heavy (non-hydrogen) atoms. The summed E-state index contributed by atoms with van der Waals surface area (Å²) in [5, 5.41) is 12.8. The van der Waals surface area contributed by atoms with Crippen LogP contribution in [0.5, 0.6) is 5.75 Å². The molecule has 2 unspecified atom stereocenters. The molecule has 1 amide bonds. The third-order valence-corrected chi connectivity index (χ3v) is 4.86. The number of nitrogens with one attached hydrogen (secondary N) is 1. The summed E-state index contributed by atoms with van der Waals surface area (Å²) in [6.07, 6.45) is 1.91. The quantitative estimate of drug-likeness (QED) is 0.368. The molecule has 0 aliphatic rings. The maximum atomic E-state index is 13.1. The highest BCUT2D eigenvalue weighted by Gasteiger charge is 2.37. The number of anilines is 1. The monoisotopic (exact) mass is 409 g/mol. The SMILES string of the molecule is CCCCCOc1cc(C)c(NC(=O)C(OC(C)OCC)C(C)(C)CO)c(C)c1. The van der Waals surface area contributed by atoms with Crippen molar-refractivity contribution in [1.29, 1.82) is 0 Å². The van der Waals surface area contributed by atoms with Crippen molar-refractivity contribution >= 4 is 11.6 Å². The second-order valence-corrected chi connectivity index (χ2v) is 8.16. The highest BCUT2D eigenvalue weighted by molar-refractivity contribution is 5.96. The van der Waals surface area contributed by atoms with Crippen LogP contribution in [0, 0.1) is 19.3 Å². The first-order valence-electron chi connectivity index (χ1n) is 10.6. The molecule has 1 rings (SSSR count). The second kappa shape index (κ2) is 12.2. The van der Waals surface area contributed by atoms with Gasteiger partial charge in [0.25, 0.3) is 5.91 Å². The van der Waals surface area contributed by atoms with Crippen LogP contribution < -0.4 is 10.1 Å². The van der Waals surface area contributed by atoms with Crippen LogP contribution in [0.4, 0.5) is 5.69 Å². The molecule has 0 aliphatic carbocycles. The van der Waals surface area contributed by atoms with E-state index < -0.39 is 17.8 Å². The third-order valence-electron chi connectivity index (χ3n) is 4.86. The van der Waals surface area contributed by atoms with Gasteiger partial charge in [-0.15, -0.1) is 0 Å². The van der Waals surface area contributed by atoms with E-state index in [9.17, 15) is 9.90 Å². The minimum Gasteiger partial charge on any atom is -0.494 e. The molecule has 0 aromatic heterocycles. The minimum absolute atomic E-state index is 0.188. The number of aryl methyl sites for hydroxylation is 2. The molecule has 6 nitrogen and oxygen atoms in total. The number of hydrogen-bond acceptors (Lipinski definition) is 5. The summed E-state index contributed by atoms with van der Waals surface area (Å²) < 4.78 is 17.1. The van der Waals surface area contributed by atoms with Gasteiger partial charge in [0.2, 0.25) is 0 Å². The van der Waals surface area contributed by atoms with Crippen LogP contribution in [-0.4, -0.2) is 43.2 Å². The van der Waals surface area contributed by atoms with E-state index in [0.29, 0.717) is 13.2 Å². The lowest BCUT2D eigenvalue weighted by atomic mass is 9.86. The predicted molar refractivity (Wildman–Crippen MR) is 116 cm³/mol. The molecular formula is C23H39NO5. The van der Waals surface area contributed by atoms with E-state index in [2.05, 4.69) is 12.2 Å². The number of ether oxygens (including phenoxy) is 3. The van der Waals surface area contributed by atoms with E-state index in [0.717, 1.165) is 41.8 Å². The molecule has 166 valence electrons. The molecule has 1 aromatic carbocycles. The fourth-order valence-corrected chi connectivity index (χ4v) is 3.08. The Bertz CT molecular complexity index is 621. The average Bonchev–Trinajstić information content (AvgIpc) is 2.66. The second-order valence-electron chi connectivity index (χ2n) is 8.16. The zero-order valence-corrected chi connectivity index (χ0v) is 19.1. The topological polar surface area (TPSA) is 77.0 Å². The highest BCUT2D eigenvalue weighted by Crippen LogP contribution is 2.30. The summed E-state index contributed by atoms with van der Waals surface area (Å²) in [6.45, 7) is 14.2. The number of benzene rings is 1. The Labute approximate surface area is 175 Å². The van der Waals surface area contributed by atoms with Gasteiger partial charge in [0.15, 0.2) is 6.29 Å². The summed E-state index contributed by atoms with van der Waals surface area (Å²) in [5.41, 5.74) is 1.81. The molecule has 0 aliphatic heterocycles. The molecule has 2 N–H and O–H groups in total. The van der Waals surface area contributed by atoms with Crippen LogP contribution >= 0.6 is 0 Å². The van der Waals surface area contributed by atoms with Crippen LogP contribution in [0.1, 0.15) is 65.0 Å². The summed E-state index contributed by atoms with van der Waals surface area (Å²) in [6, 6.07) is 3.87. The van der Waals surface area contributed by atoms with Crippen LogP contribution in [0.15, 0.2) is 12.1 Å². The standard InChI is InChI=1S/C23H39NO5/c1-8-10-11-12-28-19-13-16(3)20(17(4)14-19)24-22(26)21(23(6,7)15-25)29-18(5)27-9-2/h13-14,18,21,25H,8-12,15H2,1-7H3,(H,24,26). The normalized spacial score (nSPS) is 13.8. The Kier molecular flexibility index (Phi) is 10.6. The van der Waals surface area contributed by atoms with Crippen LogP contribution in [-0.2, 0) is 14.3 Å². The van der Waals surface area contributed by atoms with E-state index >= 15 is 0 Å². The van der Waals surface area contributed by atoms with Crippen molar-refractivity contribution in [3.05, 3.63) is 23.3 Å². The van der Waals surface area contributed by atoms with E-state index in [-0.39, 0.29) is 12.5 Å². The van der Waals surface area contributed by atoms with E-state index in [1.807, 2.05) is 32.9 Å². The smallest absolute Gasteiger partial charge is 0.254 e. The number of aliphatic hydroxyl groups excluding tert-OH is 1. The van der Waals surface area contributed by atoms with Crippen molar-refractivity contribution in [3.8, 4) is 5.75 Å². The first-order chi connectivity index (χ1) is 13.7. The minimum atomic E-state index is -0.863. The van der Waals surface area contributed by atoms with Gasteiger partial charge in [0.05, 0.1) is 13.2 Å². The van der Waals surface area contributed by atoms with Crippen molar-refractivity contribution in [2.75, 3.05) is 25.1 Å². The lowest BCUT2D eigenvalue weighted by molar-refractivity contribution is -0.190. The fraction of sp³-hybridized carbons (Fsp3) is 0.696. The molecule has 1 aromatic rings. The molecular weight excluding hydrogens is 370 g/mol. The lowest BCUT2D eigenvalue weighted by Crippen LogP contribution is -2.46. The molecule has 6 heteroatoms. The molecule has 0 saturated carbocycles. The highest BCUT2D eigenvalue weighted by atomic mass is 16.7. The van der Waals surface area contributed by atoms with Gasteiger partial charge in [-0.05, 0) is 57.4 Å². The maximum Gasteiger partial charge on any atom is 0.254 e. The van der Waals surface area contributed by atoms with Crippen molar-refractivity contribution < 1.29 is 24.1 Å². The van der Waals surface area contributed by atoms with Crippen LogP contribution in [0.2, 0.25) is 0 Å². The zero-order chi connectivity index (χ0) is 22.0. The Morgan fingerprint density at radius 2 is 1.79 bits per heavy atom. The molecule has 0 radical (unpaired) electrons. The van der Waals surface area contributed by atoms with E-state index in [4.69, 9.17) is 14.2 Å². The van der Waals surface area contributed by atoms with E-state index in [1.54, 1.807) is 20.8 Å². The Morgan fingerprint density at radius 3 is 2.31 bits per heavy atom. The van der Waals surface area contributed by atoms with Gasteiger partial charge in [-0.1, -0.05) is 33.6 Å². The number of rotatable bonds is 13. The molecule has 0 bridgehead atoms. The van der Waals surface area contributed by atoms with Crippen molar-refractivity contribution in [2.24, 2.45) is 5.41 Å². The van der Waals surface area contributed by atoms with Gasteiger partial charge in [-0.25, -0.2) is 0 Å². The number of carbonyl (C=O) groups excluding carboxylic acids is 1. The van der Waals surface area contributed by atoms with Crippen molar-refractivity contribution in [2.45, 2.75) is 80.1 Å². The lowest BCUT2D eigenvalue weighted by Gasteiger charge is -2.33. The molecule has 0 saturated heterocycles. The van der Waals surface area contributed by atoms with Gasteiger partial charge < -0.3 is 24.6 Å². The van der Waals surface area contributed by atoms with Gasteiger partial charge in [-0.3, -0.25) is 4.79 Å². The summed E-state index contributed by atoms with van der Waals surface area (Å²) >= 11 is 0. The fourth-order valence-electron chi connectivity index (χ4n) is 3.08. The third kappa shape index (κ3) is 7.96. The largest absolute Gasteiger partial charge is 0.494 e. The molecule has 0 spiro atoms. The van der Waals surface area contributed by atoms with Gasteiger partial charge >= 0.3 is 0 Å². The van der Waals surface area contributed by atoms with Crippen LogP contribution in [0.3, 0.4) is 0 Å². The number of unbranched alkanes of at least 4 members (excludes halogenated alkanes) is 2. The van der Waals surface area contributed by atoms with Crippen molar-refractivity contribution in [1.82, 2.24) is 0 Å². The molecule has 2 atom stereocenters. The van der Waals surface area contributed by atoms with Crippen LogP contribution in [0.25, 0.3) is 0 Å². The van der Waals surface area contributed by atoms with Gasteiger partial charge in [0, 0.05) is 17.7 Å². The number of aliphatic hydroxyl groups is 1. The number of hydrogen-bond donors (Lipinski definition) is 2. The number of carbonyl (C=O) groups is 1. The Balaban J connectivity index is 2.95. The van der Waals surface area contributed by atoms with Gasteiger partial charge in [0.1, 0.15) is 11.9 Å². The summed E-state index contributed by atoms with van der Waals surface area (Å²) in [7, 11) is 0. The Morgan fingerprint density at radius 1 is 1.17 bits per heavy atom. The Hall–Kier alpha value is -1.63. The summed E-state index contributed by atoms with van der Waals surface area (Å²) in [4.78, 5) is 13.1. The number of amides is 1. The van der Waals surface area contributed by atoms with Gasteiger partial charge in [-0.2, -0.15) is 0 Å². The predicted octanol–water partition coefficient (Wildman–Crippen LogP) is 4.60. The zero-order valence-electron chi connectivity index (χ0n) is 19.1. The molecule has 0 heterocycles. The van der Waals surface area contributed by atoms with Crippen molar-refractivity contribution in [3.63, 3.8) is 0 Å². The molecule has 0 fully saturated rings. The average molecular weight is 410 g/mol. The van der Waals surface area contributed by atoms with E-state index in [1.165, 1.54) is 0 Å².